The summed E-state index contributed by atoms with van der Waals surface area (Å²) in [4.78, 5) is 8.56. The van der Waals surface area contributed by atoms with Crippen molar-refractivity contribution < 1.29 is 15.0 Å². The molecule has 0 bridgehead atoms. The van der Waals surface area contributed by atoms with Gasteiger partial charge in [-0.25, -0.2) is 4.79 Å². The van der Waals surface area contributed by atoms with Crippen LogP contribution in [0.5, 0.6) is 0 Å². The van der Waals surface area contributed by atoms with Crippen LogP contribution in [0.1, 0.15) is 0 Å². The van der Waals surface area contributed by atoms with Crippen molar-refractivity contribution in [3.63, 3.8) is 0 Å². The third kappa shape index (κ3) is 41.5. The molecule has 0 aliphatic rings. The standard InChI is InChI=1S/CH2O3.2Ca.4H/c2-1(3)4;;;;;;/h(H2,2,3,4);;;;;;. The van der Waals surface area contributed by atoms with Crippen LogP contribution in [-0.4, -0.2) is 91.8 Å². The van der Waals surface area contributed by atoms with Crippen LogP contribution in [-0.2, 0) is 0 Å². The van der Waals surface area contributed by atoms with Crippen molar-refractivity contribution in [2.45, 2.75) is 0 Å². The van der Waals surface area contributed by atoms with Gasteiger partial charge < -0.3 is 10.2 Å². The molecule has 0 spiro atoms. The fourth-order valence-electron chi connectivity index (χ4n) is 0. The molecule has 3 nitrogen and oxygen atoms in total. The summed E-state index contributed by atoms with van der Waals surface area (Å²) >= 11 is 0. The van der Waals surface area contributed by atoms with Gasteiger partial charge in [0.05, 0.1) is 0 Å². The van der Waals surface area contributed by atoms with Gasteiger partial charge in [0.15, 0.2) is 0 Å². The monoisotopic (exact) mass is 146 g/mol. The SMILES string of the molecule is O=C(O)O.[CaH2].[CaH2]. The molecule has 0 aliphatic carbocycles. The van der Waals surface area contributed by atoms with Gasteiger partial charge in [0.1, 0.15) is 0 Å². The summed E-state index contributed by atoms with van der Waals surface area (Å²) in [5, 5.41) is 13.9. The molecule has 0 amide bonds. The van der Waals surface area contributed by atoms with E-state index in [0.717, 1.165) is 0 Å². The van der Waals surface area contributed by atoms with E-state index in [1.54, 1.807) is 0 Å². The van der Waals surface area contributed by atoms with Gasteiger partial charge in [0.2, 0.25) is 0 Å². The van der Waals surface area contributed by atoms with Crippen LogP contribution in [0.4, 0.5) is 4.79 Å². The maximum atomic E-state index is 8.56. The molecule has 0 fully saturated rings. The average molecular weight is 146 g/mol. The zero-order valence-electron chi connectivity index (χ0n) is 1.80. The number of carbonyl (C=O) groups is 1. The van der Waals surface area contributed by atoms with Crippen LogP contribution in [0.2, 0.25) is 0 Å². The molecule has 0 saturated heterocycles. The molecule has 32 valence electrons. The van der Waals surface area contributed by atoms with E-state index in [-0.39, 0.29) is 75.5 Å². The molecule has 2 N–H and O–H groups in total. The molecule has 0 radical (unpaired) electrons. The molecule has 0 aliphatic heterocycles. The predicted molar refractivity (Wildman–Crippen MR) is 27.7 cm³/mol. The Balaban J connectivity index is -0.0000000450. The van der Waals surface area contributed by atoms with E-state index in [4.69, 9.17) is 15.0 Å². The summed E-state index contributed by atoms with van der Waals surface area (Å²) in [6.07, 6.45) is -1.83. The van der Waals surface area contributed by atoms with Crippen LogP contribution in [0.15, 0.2) is 0 Å². The van der Waals surface area contributed by atoms with Crippen LogP contribution in [0, 0.1) is 0 Å². The molecular weight excluding hydrogens is 140 g/mol. The summed E-state index contributed by atoms with van der Waals surface area (Å²) < 4.78 is 0. The predicted octanol–water partition coefficient (Wildman–Crippen LogP) is -1.61. The summed E-state index contributed by atoms with van der Waals surface area (Å²) in [5.41, 5.74) is 0. The van der Waals surface area contributed by atoms with Crippen molar-refractivity contribution in [3.8, 4) is 0 Å². The van der Waals surface area contributed by atoms with Crippen molar-refractivity contribution >= 4 is 81.6 Å². The molecule has 0 aromatic carbocycles. The molecular formula is CH6Ca2O3. The van der Waals surface area contributed by atoms with E-state index in [1.165, 1.54) is 0 Å². The van der Waals surface area contributed by atoms with Crippen molar-refractivity contribution in [2.75, 3.05) is 0 Å². The second kappa shape index (κ2) is 9.92. The fraction of sp³-hybridized carbons (Fsp3) is 0. The first-order chi connectivity index (χ1) is 1.73. The second-order valence-corrected chi connectivity index (χ2v) is 0.283. The Morgan fingerprint density at radius 3 is 1.17 bits per heavy atom. The van der Waals surface area contributed by atoms with Gasteiger partial charge in [-0.15, -0.1) is 0 Å². The molecule has 0 aromatic rings. The van der Waals surface area contributed by atoms with E-state index in [9.17, 15) is 0 Å². The third-order valence-corrected chi connectivity index (χ3v) is 0. The topological polar surface area (TPSA) is 57.5 Å². The van der Waals surface area contributed by atoms with Crippen LogP contribution in [0.25, 0.3) is 0 Å². The summed E-state index contributed by atoms with van der Waals surface area (Å²) in [5.74, 6) is 0. The number of carboxylic acid groups (broad SMARTS) is 2. The Labute approximate surface area is 94.7 Å². The van der Waals surface area contributed by atoms with Crippen molar-refractivity contribution in [3.05, 3.63) is 0 Å². The van der Waals surface area contributed by atoms with Gasteiger partial charge in [-0.1, -0.05) is 0 Å². The van der Waals surface area contributed by atoms with Gasteiger partial charge in [0, 0.05) is 0 Å². The minimum atomic E-state index is -1.83. The Hall–Kier alpha value is 1.79. The van der Waals surface area contributed by atoms with Gasteiger partial charge in [-0.05, 0) is 0 Å². The van der Waals surface area contributed by atoms with E-state index < -0.39 is 6.16 Å². The van der Waals surface area contributed by atoms with E-state index in [1.807, 2.05) is 0 Å². The molecule has 0 rings (SSSR count). The molecule has 0 atom stereocenters. The van der Waals surface area contributed by atoms with Gasteiger partial charge in [-0.2, -0.15) is 0 Å². The average Bonchev–Trinajstić information content (AvgIpc) is 0.811. The first-order valence-corrected chi connectivity index (χ1v) is 0.651. The summed E-state index contributed by atoms with van der Waals surface area (Å²) in [6.45, 7) is 0. The van der Waals surface area contributed by atoms with Crippen molar-refractivity contribution in [1.82, 2.24) is 0 Å². The Kier molecular flexibility index (Phi) is 25.9. The van der Waals surface area contributed by atoms with Crippen LogP contribution in [0.3, 0.4) is 0 Å². The Morgan fingerprint density at radius 2 is 1.17 bits per heavy atom. The first-order valence-electron chi connectivity index (χ1n) is 0.651. The van der Waals surface area contributed by atoms with Crippen molar-refractivity contribution in [1.29, 1.82) is 0 Å². The summed E-state index contributed by atoms with van der Waals surface area (Å²) in [6, 6.07) is 0. The second-order valence-electron chi connectivity index (χ2n) is 0.283. The van der Waals surface area contributed by atoms with Gasteiger partial charge in [-0.3, -0.25) is 0 Å². The quantitative estimate of drug-likeness (QED) is 0.404. The normalized spacial score (nSPS) is 4.00. The molecule has 0 aromatic heterocycles. The molecule has 0 heterocycles. The third-order valence-electron chi connectivity index (χ3n) is 0. The van der Waals surface area contributed by atoms with Crippen LogP contribution >= 0.6 is 0 Å². The van der Waals surface area contributed by atoms with Gasteiger partial charge >= 0.3 is 81.6 Å². The molecule has 0 saturated carbocycles. The number of hydrogen-bond donors (Lipinski definition) is 2. The summed E-state index contributed by atoms with van der Waals surface area (Å²) in [7, 11) is 0. The Morgan fingerprint density at radius 1 is 1.17 bits per heavy atom. The molecule has 6 heavy (non-hydrogen) atoms. The molecule has 0 unspecified atom stereocenters. The maximum absolute atomic E-state index is 8.56. The van der Waals surface area contributed by atoms with E-state index in [2.05, 4.69) is 0 Å². The zero-order chi connectivity index (χ0) is 3.58. The first kappa shape index (κ1) is 15.7. The van der Waals surface area contributed by atoms with E-state index in [0.29, 0.717) is 0 Å². The van der Waals surface area contributed by atoms with Crippen molar-refractivity contribution in [2.24, 2.45) is 0 Å². The van der Waals surface area contributed by atoms with E-state index >= 15 is 0 Å². The minimum absolute atomic E-state index is 0. The number of hydrogen-bond acceptors (Lipinski definition) is 1. The van der Waals surface area contributed by atoms with Gasteiger partial charge in [0.25, 0.3) is 0 Å². The number of rotatable bonds is 0. The molecule has 5 heteroatoms. The Bertz CT molecular complexity index is 31.8. The zero-order valence-corrected chi connectivity index (χ0v) is 1.80. The fourth-order valence-corrected chi connectivity index (χ4v) is 0. The van der Waals surface area contributed by atoms with Crippen LogP contribution < -0.4 is 0 Å².